The number of ether oxygens (including phenoxy) is 1. The van der Waals surface area contributed by atoms with E-state index in [1.807, 2.05) is 0 Å². The number of allylic oxidation sites excluding steroid dienone is 4. The van der Waals surface area contributed by atoms with Gasteiger partial charge in [-0.3, -0.25) is 9.59 Å². The van der Waals surface area contributed by atoms with Crippen molar-refractivity contribution in [3.8, 4) is 0 Å². The number of benzene rings is 1. The zero-order valence-corrected chi connectivity index (χ0v) is 25.3. The molecule has 1 heterocycles. The van der Waals surface area contributed by atoms with E-state index in [0.29, 0.717) is 63.0 Å². The van der Waals surface area contributed by atoms with Crippen LogP contribution >= 0.6 is 0 Å². The van der Waals surface area contributed by atoms with Crippen molar-refractivity contribution in [1.82, 2.24) is 9.80 Å². The molecule has 12 heteroatoms. The number of carbonyl (C=O) groups excluding carboxylic acids is 3. The third kappa shape index (κ3) is 4.80. The van der Waals surface area contributed by atoms with Crippen LogP contribution in [0.4, 0.5) is 26.7 Å². The molecule has 1 aliphatic heterocycles. The molecule has 3 fully saturated rings. The molecule has 45 heavy (non-hydrogen) atoms. The number of hydrogen-bond donors (Lipinski definition) is 1. The van der Waals surface area contributed by atoms with E-state index in [2.05, 4.69) is 0 Å². The monoisotopic (exact) mass is 636 g/mol. The van der Waals surface area contributed by atoms with Gasteiger partial charge in [0, 0.05) is 49.5 Å². The lowest BCUT2D eigenvalue weighted by Crippen LogP contribution is -2.65. The highest BCUT2D eigenvalue weighted by Crippen LogP contribution is 2.70. The van der Waals surface area contributed by atoms with E-state index >= 15 is 8.78 Å². The molecule has 2 unspecified atom stereocenters. The molecule has 2 saturated carbocycles. The second-order valence-corrected chi connectivity index (χ2v) is 13.3. The van der Waals surface area contributed by atoms with Gasteiger partial charge in [-0.1, -0.05) is 24.6 Å². The fraction of sp³-hybridized carbons (Fsp3) is 0.606. The molecule has 6 rings (SSSR count). The predicted octanol–water partition coefficient (Wildman–Crippen LogP) is 6.04. The number of alkyl halides is 5. The summed E-state index contributed by atoms with van der Waals surface area (Å²) in [5.41, 5.74) is -1.12. The Bertz CT molecular complexity index is 1460. The first-order chi connectivity index (χ1) is 21.1. The molecule has 0 spiro atoms. The van der Waals surface area contributed by atoms with Gasteiger partial charge in [0.2, 0.25) is 0 Å². The largest absolute Gasteiger partial charge is 0.456 e. The summed E-state index contributed by atoms with van der Waals surface area (Å²) in [6, 6.07) is 6.71. The second-order valence-electron chi connectivity index (χ2n) is 13.3. The van der Waals surface area contributed by atoms with E-state index in [1.165, 1.54) is 18.9 Å². The first-order valence-corrected chi connectivity index (χ1v) is 15.5. The second kappa shape index (κ2) is 10.9. The molecule has 4 aliphatic carbocycles. The summed E-state index contributed by atoms with van der Waals surface area (Å²) in [5.74, 6) is -7.02. The maximum absolute atomic E-state index is 15.2. The summed E-state index contributed by atoms with van der Waals surface area (Å²) < 4.78 is 76.6. The van der Waals surface area contributed by atoms with Crippen LogP contribution in [0.15, 0.2) is 47.1 Å². The van der Waals surface area contributed by atoms with Gasteiger partial charge in [0.15, 0.2) is 5.78 Å². The maximum Gasteiger partial charge on any atom is 0.456 e. The average Bonchev–Trinajstić information content (AvgIpc) is 3.30. The standard InChI is InChI=1S/C33H37F5N2O5/c1-30-18-25(19-3-5-20(6-4-19)28(42)39-13-15-40(16-14-39)29(43)45-2)27-23-10-8-22(41)17-21(23)7-9-24(27)26(30)11-12-31(30,44)32(34,35)33(36,37)38/h3-6,17,24-26,44H,7-16,18H2,1-2H3/t24?,25-,26?,30+,31-/m1/s1. The summed E-state index contributed by atoms with van der Waals surface area (Å²) in [4.78, 5) is 40.5. The summed E-state index contributed by atoms with van der Waals surface area (Å²) in [6.45, 7) is 2.66. The van der Waals surface area contributed by atoms with E-state index in [-0.39, 0.29) is 30.4 Å². The maximum atomic E-state index is 15.2. The predicted molar refractivity (Wildman–Crippen MR) is 153 cm³/mol. The number of amides is 2. The Balaban J connectivity index is 1.36. The lowest BCUT2D eigenvalue weighted by molar-refractivity contribution is -0.362. The quantitative estimate of drug-likeness (QED) is 0.409. The molecular weight excluding hydrogens is 599 g/mol. The highest BCUT2D eigenvalue weighted by Gasteiger charge is 2.79. The molecule has 0 aromatic heterocycles. The van der Waals surface area contributed by atoms with Crippen molar-refractivity contribution in [1.29, 1.82) is 0 Å². The fourth-order valence-electron chi connectivity index (χ4n) is 8.98. The van der Waals surface area contributed by atoms with Crippen molar-refractivity contribution >= 4 is 17.8 Å². The van der Waals surface area contributed by atoms with Crippen molar-refractivity contribution in [3.05, 3.63) is 58.2 Å². The molecule has 1 N–H and O–H groups in total. The highest BCUT2D eigenvalue weighted by molar-refractivity contribution is 5.94. The minimum absolute atomic E-state index is 0.0142. The number of ketones is 1. The number of piperazine rings is 1. The Morgan fingerprint density at radius 3 is 2.22 bits per heavy atom. The smallest absolute Gasteiger partial charge is 0.453 e. The van der Waals surface area contributed by atoms with Crippen LogP contribution in [0.5, 0.6) is 0 Å². The van der Waals surface area contributed by atoms with Gasteiger partial charge in [0.1, 0.15) is 5.60 Å². The first-order valence-electron chi connectivity index (χ1n) is 15.5. The van der Waals surface area contributed by atoms with E-state index in [9.17, 15) is 32.7 Å². The van der Waals surface area contributed by atoms with E-state index in [0.717, 1.165) is 16.7 Å². The van der Waals surface area contributed by atoms with Gasteiger partial charge in [-0.05, 0) is 85.3 Å². The van der Waals surface area contributed by atoms with Crippen LogP contribution in [0.25, 0.3) is 0 Å². The molecular formula is C33H37F5N2O5. The van der Waals surface area contributed by atoms with Gasteiger partial charge in [0.25, 0.3) is 5.91 Å². The summed E-state index contributed by atoms with van der Waals surface area (Å²) >= 11 is 0. The Morgan fingerprint density at radius 2 is 1.60 bits per heavy atom. The Labute approximate surface area is 258 Å². The summed E-state index contributed by atoms with van der Waals surface area (Å²) in [7, 11) is 1.29. The van der Waals surface area contributed by atoms with Gasteiger partial charge in [-0.25, -0.2) is 4.79 Å². The number of fused-ring (bicyclic) bond motifs is 4. The van der Waals surface area contributed by atoms with Gasteiger partial charge in [-0.2, -0.15) is 22.0 Å². The van der Waals surface area contributed by atoms with Crippen LogP contribution in [0.3, 0.4) is 0 Å². The number of hydrogen-bond acceptors (Lipinski definition) is 5. The highest BCUT2D eigenvalue weighted by atomic mass is 19.4. The van der Waals surface area contributed by atoms with Gasteiger partial charge in [-0.15, -0.1) is 0 Å². The minimum atomic E-state index is -5.91. The van der Waals surface area contributed by atoms with Crippen LogP contribution < -0.4 is 0 Å². The fourth-order valence-corrected chi connectivity index (χ4v) is 8.98. The minimum Gasteiger partial charge on any atom is -0.453 e. The van der Waals surface area contributed by atoms with Crippen LogP contribution in [-0.4, -0.2) is 83.7 Å². The Kier molecular flexibility index (Phi) is 7.69. The number of halogens is 5. The molecule has 5 aliphatic rings. The molecule has 7 nitrogen and oxygen atoms in total. The Morgan fingerprint density at radius 1 is 0.956 bits per heavy atom. The van der Waals surface area contributed by atoms with Crippen molar-refractivity contribution in [3.63, 3.8) is 0 Å². The lowest BCUT2D eigenvalue weighted by Gasteiger charge is -2.56. The van der Waals surface area contributed by atoms with Crippen molar-refractivity contribution in [2.24, 2.45) is 17.3 Å². The Hall–Kier alpha value is -3.28. The molecule has 1 saturated heterocycles. The van der Waals surface area contributed by atoms with E-state index in [1.54, 1.807) is 35.2 Å². The van der Waals surface area contributed by atoms with E-state index < -0.39 is 47.5 Å². The normalized spacial score (nSPS) is 32.0. The van der Waals surface area contributed by atoms with Crippen molar-refractivity contribution in [2.75, 3.05) is 33.3 Å². The van der Waals surface area contributed by atoms with Crippen LogP contribution in [0, 0.1) is 17.3 Å². The van der Waals surface area contributed by atoms with Gasteiger partial charge < -0.3 is 19.6 Å². The van der Waals surface area contributed by atoms with Crippen molar-refractivity contribution < 1.29 is 46.2 Å². The van der Waals surface area contributed by atoms with Crippen molar-refractivity contribution in [2.45, 2.75) is 75.5 Å². The number of carbonyl (C=O) groups is 3. The summed E-state index contributed by atoms with van der Waals surface area (Å²) in [6.07, 6.45) is -3.68. The molecule has 0 bridgehead atoms. The third-order valence-corrected chi connectivity index (χ3v) is 11.3. The molecule has 2 amide bonds. The molecule has 1 aromatic rings. The number of nitrogens with zero attached hydrogens (tertiary/aromatic N) is 2. The van der Waals surface area contributed by atoms with Crippen LogP contribution in [-0.2, 0) is 9.53 Å². The molecule has 1 aromatic carbocycles. The zero-order chi connectivity index (χ0) is 32.5. The molecule has 0 radical (unpaired) electrons. The van der Waals surface area contributed by atoms with Gasteiger partial charge in [0.05, 0.1) is 7.11 Å². The third-order valence-electron chi connectivity index (χ3n) is 11.3. The first kappa shape index (κ1) is 31.7. The van der Waals surface area contributed by atoms with E-state index in [4.69, 9.17) is 4.74 Å². The van der Waals surface area contributed by atoms with Crippen LogP contribution in [0.1, 0.15) is 73.7 Å². The molecule has 244 valence electrons. The average molecular weight is 637 g/mol. The number of rotatable bonds is 3. The topological polar surface area (TPSA) is 87.2 Å². The number of aliphatic hydroxyl groups is 1. The zero-order valence-electron chi connectivity index (χ0n) is 25.3. The molecule has 5 atom stereocenters. The summed E-state index contributed by atoms with van der Waals surface area (Å²) in [5, 5.41) is 11.4. The number of methoxy groups -OCH3 is 1. The van der Waals surface area contributed by atoms with Gasteiger partial charge >= 0.3 is 18.2 Å². The SMILES string of the molecule is COC(=O)N1CCN(C(=O)c2ccc([C@H]3C[C@@]4(C)C(CC[C@]4(O)C(F)(F)C(F)(F)F)C4CCC5=CC(=O)CCC5=C43)cc2)CC1. The lowest BCUT2D eigenvalue weighted by atomic mass is 9.50. The van der Waals surface area contributed by atoms with Crippen LogP contribution in [0.2, 0.25) is 0 Å².